The molecule has 0 aliphatic rings. The number of phenols is 1. The molecule has 0 bridgehead atoms. The molecule has 0 fully saturated rings. The molecular formula is C31H40N6O8. The number of carbonyl (C=O) groups excluding carboxylic acids is 3. The number of hydrogen-bond acceptors (Lipinski definition) is 8. The molecule has 4 atom stereocenters. The SMILES string of the molecule is NCCCCC(NC(=O)C(CCC(=O)O)NC(=O)C(N)Cc1ccc(O)cc1)C(=O)NC(Cc1c[nH]c2ccccc12)C(=O)O. The number of unbranched alkanes of at least 4 members (excludes halogenated alkanes) is 1. The van der Waals surface area contributed by atoms with Crippen molar-refractivity contribution in [3.05, 3.63) is 65.9 Å². The van der Waals surface area contributed by atoms with Gasteiger partial charge in [-0.15, -0.1) is 0 Å². The molecule has 0 saturated heterocycles. The number of phenolic OH excluding ortho intramolecular Hbond substituents is 1. The summed E-state index contributed by atoms with van der Waals surface area (Å²) in [7, 11) is 0. The quantitative estimate of drug-likeness (QED) is 0.0887. The van der Waals surface area contributed by atoms with Crippen molar-refractivity contribution >= 4 is 40.6 Å². The van der Waals surface area contributed by atoms with Gasteiger partial charge in [-0.2, -0.15) is 0 Å². The number of aromatic hydroxyl groups is 1. The number of hydrogen-bond donors (Lipinski definition) is 9. The number of amides is 3. The Hall–Kier alpha value is -4.95. The van der Waals surface area contributed by atoms with E-state index in [9.17, 15) is 39.3 Å². The second-order valence-electron chi connectivity index (χ2n) is 10.8. The number of aromatic amines is 1. The molecule has 14 heteroatoms. The highest BCUT2D eigenvalue weighted by Gasteiger charge is 2.31. The highest BCUT2D eigenvalue weighted by molar-refractivity contribution is 5.94. The van der Waals surface area contributed by atoms with E-state index in [2.05, 4.69) is 20.9 Å². The molecule has 242 valence electrons. The number of para-hydroxylation sites is 1. The first-order valence-corrected chi connectivity index (χ1v) is 14.6. The van der Waals surface area contributed by atoms with Gasteiger partial charge in [-0.05, 0) is 68.0 Å². The third-order valence-corrected chi connectivity index (χ3v) is 7.30. The van der Waals surface area contributed by atoms with Crippen molar-refractivity contribution in [3.63, 3.8) is 0 Å². The highest BCUT2D eigenvalue weighted by Crippen LogP contribution is 2.19. The Bertz CT molecular complexity index is 1470. The molecule has 1 aromatic heterocycles. The largest absolute Gasteiger partial charge is 0.508 e. The molecule has 45 heavy (non-hydrogen) atoms. The van der Waals surface area contributed by atoms with Crippen molar-refractivity contribution in [2.24, 2.45) is 11.5 Å². The van der Waals surface area contributed by atoms with Crippen LogP contribution in [0.15, 0.2) is 54.7 Å². The van der Waals surface area contributed by atoms with Crippen LogP contribution in [0.2, 0.25) is 0 Å². The summed E-state index contributed by atoms with van der Waals surface area (Å²) in [4.78, 5) is 66.1. The zero-order chi connectivity index (χ0) is 32.9. The molecule has 0 radical (unpaired) electrons. The van der Waals surface area contributed by atoms with Gasteiger partial charge >= 0.3 is 11.9 Å². The van der Waals surface area contributed by atoms with Gasteiger partial charge in [0.25, 0.3) is 0 Å². The summed E-state index contributed by atoms with van der Waals surface area (Å²) in [5, 5.41) is 37.0. The fraction of sp³-hybridized carbons (Fsp3) is 0.387. The third kappa shape index (κ3) is 10.6. The molecule has 3 amide bonds. The molecule has 0 saturated carbocycles. The van der Waals surface area contributed by atoms with Gasteiger partial charge < -0.3 is 47.7 Å². The number of benzene rings is 2. The fourth-order valence-corrected chi connectivity index (χ4v) is 4.82. The second-order valence-corrected chi connectivity index (χ2v) is 10.8. The van der Waals surface area contributed by atoms with Crippen molar-refractivity contribution in [2.75, 3.05) is 6.54 Å². The number of aromatic nitrogens is 1. The van der Waals surface area contributed by atoms with Crippen LogP contribution in [0, 0.1) is 0 Å². The number of carboxylic acid groups (broad SMARTS) is 2. The standard InChI is InChI=1S/C31H40N6O8/c32-14-4-3-7-24(29(42)37-26(31(44)45)16-19-17-34-23-6-2-1-5-21(19)23)36-30(43)25(12-13-27(39)40)35-28(41)22(33)15-18-8-10-20(38)11-9-18/h1-2,5-6,8-11,17,22,24-26,34,38H,3-4,7,12-16,32-33H2,(H,35,41)(H,36,43)(H,37,42)(H,39,40)(H,44,45). The van der Waals surface area contributed by atoms with E-state index in [4.69, 9.17) is 11.5 Å². The van der Waals surface area contributed by atoms with Gasteiger partial charge in [-0.3, -0.25) is 19.2 Å². The van der Waals surface area contributed by atoms with E-state index in [0.717, 1.165) is 10.9 Å². The minimum absolute atomic E-state index is 0.0230. The number of H-pyrrole nitrogens is 1. The molecule has 0 aliphatic heterocycles. The third-order valence-electron chi connectivity index (χ3n) is 7.30. The average molecular weight is 625 g/mol. The van der Waals surface area contributed by atoms with Gasteiger partial charge in [0, 0.05) is 29.9 Å². The molecule has 3 aromatic rings. The topological polar surface area (TPSA) is 250 Å². The zero-order valence-corrected chi connectivity index (χ0v) is 24.7. The molecule has 0 spiro atoms. The lowest BCUT2D eigenvalue weighted by Gasteiger charge is -2.25. The van der Waals surface area contributed by atoms with Gasteiger partial charge in [-0.25, -0.2) is 4.79 Å². The van der Waals surface area contributed by atoms with Crippen LogP contribution in [-0.2, 0) is 36.8 Å². The molecule has 3 rings (SSSR count). The van der Waals surface area contributed by atoms with Crippen LogP contribution in [0.5, 0.6) is 5.75 Å². The molecule has 2 aromatic carbocycles. The monoisotopic (exact) mass is 624 g/mol. The Labute approximate surface area is 259 Å². The maximum Gasteiger partial charge on any atom is 0.326 e. The van der Waals surface area contributed by atoms with Crippen molar-refractivity contribution in [1.29, 1.82) is 0 Å². The smallest absolute Gasteiger partial charge is 0.326 e. The average Bonchev–Trinajstić information content (AvgIpc) is 3.41. The Morgan fingerprint density at radius 1 is 0.778 bits per heavy atom. The van der Waals surface area contributed by atoms with E-state index in [1.54, 1.807) is 18.3 Å². The number of nitrogens with two attached hydrogens (primary N) is 2. The first-order chi connectivity index (χ1) is 21.5. The van der Waals surface area contributed by atoms with Crippen molar-refractivity contribution in [3.8, 4) is 5.75 Å². The van der Waals surface area contributed by atoms with Crippen molar-refractivity contribution in [1.82, 2.24) is 20.9 Å². The predicted octanol–water partition coefficient (Wildman–Crippen LogP) is 0.519. The fourth-order valence-electron chi connectivity index (χ4n) is 4.82. The van der Waals surface area contributed by atoms with Crippen LogP contribution < -0.4 is 27.4 Å². The van der Waals surface area contributed by atoms with E-state index in [1.807, 2.05) is 24.3 Å². The Kier molecular flexibility index (Phi) is 12.9. The number of carbonyl (C=O) groups is 5. The van der Waals surface area contributed by atoms with Crippen LogP contribution in [0.3, 0.4) is 0 Å². The van der Waals surface area contributed by atoms with E-state index in [1.165, 1.54) is 12.1 Å². The Morgan fingerprint density at radius 3 is 2.04 bits per heavy atom. The molecule has 1 heterocycles. The van der Waals surface area contributed by atoms with Crippen LogP contribution in [0.25, 0.3) is 10.9 Å². The summed E-state index contributed by atoms with van der Waals surface area (Å²) in [6, 6.07) is 8.44. The molecule has 4 unspecified atom stereocenters. The number of carboxylic acids is 2. The lowest BCUT2D eigenvalue weighted by Crippen LogP contribution is -2.57. The zero-order valence-electron chi connectivity index (χ0n) is 24.7. The molecule has 0 aliphatic carbocycles. The van der Waals surface area contributed by atoms with E-state index < -0.39 is 60.2 Å². The lowest BCUT2D eigenvalue weighted by molar-refractivity contribution is -0.142. The van der Waals surface area contributed by atoms with Gasteiger partial charge in [0.1, 0.15) is 23.9 Å². The van der Waals surface area contributed by atoms with E-state index in [-0.39, 0.29) is 31.4 Å². The molecule has 14 nitrogen and oxygen atoms in total. The Balaban J connectivity index is 1.73. The van der Waals surface area contributed by atoms with E-state index in [0.29, 0.717) is 30.5 Å². The Morgan fingerprint density at radius 2 is 1.40 bits per heavy atom. The maximum absolute atomic E-state index is 13.4. The summed E-state index contributed by atoms with van der Waals surface area (Å²) >= 11 is 0. The van der Waals surface area contributed by atoms with Crippen LogP contribution >= 0.6 is 0 Å². The summed E-state index contributed by atoms with van der Waals surface area (Å²) in [5.41, 5.74) is 13.8. The minimum Gasteiger partial charge on any atom is -0.508 e. The number of fused-ring (bicyclic) bond motifs is 1. The maximum atomic E-state index is 13.4. The molecular weight excluding hydrogens is 584 g/mol. The van der Waals surface area contributed by atoms with Crippen molar-refractivity contribution < 1.29 is 39.3 Å². The summed E-state index contributed by atoms with van der Waals surface area (Å²) < 4.78 is 0. The van der Waals surface area contributed by atoms with Crippen LogP contribution in [0.1, 0.15) is 43.2 Å². The van der Waals surface area contributed by atoms with Gasteiger partial charge in [0.05, 0.1) is 6.04 Å². The van der Waals surface area contributed by atoms with Gasteiger partial charge in [0.15, 0.2) is 0 Å². The minimum atomic E-state index is -1.34. The van der Waals surface area contributed by atoms with E-state index >= 15 is 0 Å². The summed E-state index contributed by atoms with van der Waals surface area (Å²) in [6.45, 7) is 0.330. The first-order valence-electron chi connectivity index (χ1n) is 14.6. The first kappa shape index (κ1) is 34.5. The van der Waals surface area contributed by atoms with Crippen molar-refractivity contribution in [2.45, 2.75) is 69.1 Å². The van der Waals surface area contributed by atoms with Crippen LogP contribution in [0.4, 0.5) is 0 Å². The highest BCUT2D eigenvalue weighted by atomic mass is 16.4. The second kappa shape index (κ2) is 16.8. The normalized spacial score (nSPS) is 13.7. The summed E-state index contributed by atoms with van der Waals surface area (Å²) in [5.74, 6) is -4.72. The number of aliphatic carboxylic acids is 2. The predicted molar refractivity (Wildman–Crippen MR) is 165 cm³/mol. The van der Waals surface area contributed by atoms with Gasteiger partial charge in [-0.1, -0.05) is 30.3 Å². The number of nitrogens with one attached hydrogen (secondary N) is 4. The van der Waals surface area contributed by atoms with Crippen LogP contribution in [-0.4, -0.2) is 80.7 Å². The van der Waals surface area contributed by atoms with Gasteiger partial charge in [0.2, 0.25) is 17.7 Å². The summed E-state index contributed by atoms with van der Waals surface area (Å²) in [6.07, 6.45) is 2.07. The number of rotatable bonds is 18. The molecule has 11 N–H and O–H groups in total. The lowest BCUT2D eigenvalue weighted by atomic mass is 10.0.